The molecule has 3 heterocycles. The molecule has 2 aromatic heterocycles. The van der Waals surface area contributed by atoms with Crippen LogP contribution in [0.3, 0.4) is 0 Å². The molecule has 5 aromatic rings. The molecular weight excluding hydrogens is 545 g/mol. The minimum Gasteiger partial charge on any atom is -0.379 e. The Labute approximate surface area is 248 Å². The van der Waals surface area contributed by atoms with Crippen LogP contribution in [0, 0.1) is 5.82 Å². The summed E-state index contributed by atoms with van der Waals surface area (Å²) < 4.78 is 13.8. The second-order valence-corrected chi connectivity index (χ2v) is 10.4. The SMILES string of the molecule is C=CC(=O)Nc1cccc(-c2nc(Nc3cccc(N4CCN(C)CC4)c3)nc3[nH]nc(CNc4cccc(F)c4)c23)c1. The monoisotopic (exact) mass is 577 g/mol. The van der Waals surface area contributed by atoms with E-state index >= 15 is 0 Å². The largest absolute Gasteiger partial charge is 0.379 e. The van der Waals surface area contributed by atoms with Crippen molar-refractivity contribution in [3.63, 3.8) is 0 Å². The van der Waals surface area contributed by atoms with Crippen molar-refractivity contribution in [2.75, 3.05) is 54.1 Å². The van der Waals surface area contributed by atoms with Gasteiger partial charge in [-0.05, 0) is 61.7 Å². The average molecular weight is 578 g/mol. The highest BCUT2D eigenvalue weighted by Gasteiger charge is 2.19. The van der Waals surface area contributed by atoms with Gasteiger partial charge in [0.15, 0.2) is 5.65 Å². The molecule has 1 fully saturated rings. The molecule has 1 amide bonds. The molecule has 218 valence electrons. The van der Waals surface area contributed by atoms with E-state index in [1.165, 1.54) is 18.2 Å². The standard InChI is InChI=1S/C32H32FN9O/c1-3-28(43)35-24-10-4-7-21(17-24)30-29-27(20-34-23-9-5-8-22(33)18-23)39-40-31(29)38-32(37-30)36-25-11-6-12-26(19-25)42-15-13-41(2)14-16-42/h3-12,17-19,34H,1,13-16,20H2,2H3,(H,35,43)(H2,36,37,38,39,40). The van der Waals surface area contributed by atoms with E-state index in [9.17, 15) is 9.18 Å². The number of aromatic amines is 1. The zero-order valence-corrected chi connectivity index (χ0v) is 23.8. The number of amides is 1. The van der Waals surface area contributed by atoms with E-state index in [4.69, 9.17) is 9.97 Å². The second-order valence-electron chi connectivity index (χ2n) is 10.4. The van der Waals surface area contributed by atoms with Gasteiger partial charge >= 0.3 is 0 Å². The highest BCUT2D eigenvalue weighted by Crippen LogP contribution is 2.32. The van der Waals surface area contributed by atoms with Gasteiger partial charge in [-0.15, -0.1) is 0 Å². The number of piperazine rings is 1. The predicted molar refractivity (Wildman–Crippen MR) is 169 cm³/mol. The smallest absolute Gasteiger partial charge is 0.247 e. The third-order valence-corrected chi connectivity index (χ3v) is 7.34. The van der Waals surface area contributed by atoms with Crippen molar-refractivity contribution in [2.24, 2.45) is 0 Å². The van der Waals surface area contributed by atoms with Gasteiger partial charge in [0.25, 0.3) is 0 Å². The first-order chi connectivity index (χ1) is 20.9. The van der Waals surface area contributed by atoms with E-state index in [0.29, 0.717) is 46.3 Å². The summed E-state index contributed by atoms with van der Waals surface area (Å²) in [7, 11) is 2.14. The zero-order chi connectivity index (χ0) is 29.8. The molecule has 0 atom stereocenters. The van der Waals surface area contributed by atoms with E-state index in [1.54, 1.807) is 18.2 Å². The van der Waals surface area contributed by atoms with Crippen molar-refractivity contribution in [2.45, 2.75) is 6.54 Å². The van der Waals surface area contributed by atoms with E-state index < -0.39 is 0 Å². The van der Waals surface area contributed by atoms with Crippen LogP contribution in [0.1, 0.15) is 5.69 Å². The Hall–Kier alpha value is -5.29. The number of hydrogen-bond donors (Lipinski definition) is 4. The lowest BCUT2D eigenvalue weighted by molar-refractivity contribution is -0.111. The van der Waals surface area contributed by atoms with Crippen LogP contribution in [0.25, 0.3) is 22.3 Å². The maximum Gasteiger partial charge on any atom is 0.247 e. The number of nitrogens with zero attached hydrogens (tertiary/aromatic N) is 5. The van der Waals surface area contributed by atoms with E-state index in [2.05, 4.69) is 61.7 Å². The Morgan fingerprint density at radius 2 is 1.74 bits per heavy atom. The molecule has 11 heteroatoms. The number of carbonyl (C=O) groups is 1. The van der Waals surface area contributed by atoms with Crippen LogP contribution < -0.4 is 20.9 Å². The average Bonchev–Trinajstić information content (AvgIpc) is 3.43. The third kappa shape index (κ3) is 6.47. The van der Waals surface area contributed by atoms with Crippen molar-refractivity contribution in [3.05, 3.63) is 97.0 Å². The Balaban J connectivity index is 1.36. The van der Waals surface area contributed by atoms with Gasteiger partial charge in [0, 0.05) is 54.5 Å². The van der Waals surface area contributed by atoms with Gasteiger partial charge in [-0.3, -0.25) is 9.89 Å². The fourth-order valence-corrected chi connectivity index (χ4v) is 5.08. The van der Waals surface area contributed by atoms with Crippen molar-refractivity contribution in [1.29, 1.82) is 0 Å². The Morgan fingerprint density at radius 3 is 2.56 bits per heavy atom. The number of carbonyl (C=O) groups excluding carboxylic acids is 1. The van der Waals surface area contributed by atoms with Crippen molar-refractivity contribution in [3.8, 4) is 11.3 Å². The van der Waals surface area contributed by atoms with Crippen LogP contribution in [0.2, 0.25) is 0 Å². The topological polar surface area (TPSA) is 114 Å². The summed E-state index contributed by atoms with van der Waals surface area (Å²) in [5.74, 6) is -0.241. The van der Waals surface area contributed by atoms with Crippen molar-refractivity contribution < 1.29 is 9.18 Å². The summed E-state index contributed by atoms with van der Waals surface area (Å²) >= 11 is 0. The molecule has 6 rings (SSSR count). The first-order valence-corrected chi connectivity index (χ1v) is 14.0. The maximum atomic E-state index is 13.8. The number of fused-ring (bicyclic) bond motifs is 1. The number of halogens is 1. The summed E-state index contributed by atoms with van der Waals surface area (Å²) in [6.45, 7) is 7.81. The van der Waals surface area contributed by atoms with Crippen molar-refractivity contribution >= 4 is 45.6 Å². The molecule has 0 spiro atoms. The molecule has 1 saturated heterocycles. The second kappa shape index (κ2) is 12.3. The molecule has 3 aromatic carbocycles. The Bertz CT molecular complexity index is 1780. The minimum absolute atomic E-state index is 0.309. The summed E-state index contributed by atoms with van der Waals surface area (Å²) in [6, 6.07) is 21.9. The number of benzene rings is 3. The fourth-order valence-electron chi connectivity index (χ4n) is 5.08. The van der Waals surface area contributed by atoms with Crippen LogP contribution in [0.4, 0.5) is 33.1 Å². The molecule has 4 N–H and O–H groups in total. The number of H-pyrrole nitrogens is 1. The van der Waals surface area contributed by atoms with Gasteiger partial charge in [-0.25, -0.2) is 9.37 Å². The molecule has 1 aliphatic heterocycles. The van der Waals surface area contributed by atoms with Crippen molar-refractivity contribution in [1.82, 2.24) is 25.1 Å². The Kier molecular flexibility index (Phi) is 7.96. The number of aromatic nitrogens is 4. The first kappa shape index (κ1) is 27.9. The normalized spacial score (nSPS) is 13.6. The number of rotatable bonds is 9. The van der Waals surface area contributed by atoms with Crippen LogP contribution in [0.15, 0.2) is 85.5 Å². The molecule has 0 bridgehead atoms. The molecule has 0 aliphatic carbocycles. The third-order valence-electron chi connectivity index (χ3n) is 7.34. The molecule has 43 heavy (non-hydrogen) atoms. The minimum atomic E-state index is -0.327. The number of hydrogen-bond acceptors (Lipinski definition) is 8. The molecule has 1 aliphatic rings. The van der Waals surface area contributed by atoms with Gasteiger partial charge < -0.3 is 25.8 Å². The molecule has 0 radical (unpaired) electrons. The predicted octanol–water partition coefficient (Wildman–Crippen LogP) is 5.39. The van der Waals surface area contributed by atoms with E-state index in [-0.39, 0.29) is 11.7 Å². The summed E-state index contributed by atoms with van der Waals surface area (Å²) in [6.07, 6.45) is 1.22. The zero-order valence-electron chi connectivity index (χ0n) is 23.8. The van der Waals surface area contributed by atoms with E-state index in [1.807, 2.05) is 30.3 Å². The Morgan fingerprint density at radius 1 is 0.977 bits per heavy atom. The number of nitrogens with one attached hydrogen (secondary N) is 4. The van der Waals surface area contributed by atoms with Gasteiger partial charge in [0.1, 0.15) is 5.82 Å². The highest BCUT2D eigenvalue weighted by atomic mass is 19.1. The van der Waals surface area contributed by atoms with Crippen LogP contribution in [-0.2, 0) is 11.3 Å². The van der Waals surface area contributed by atoms with Gasteiger partial charge in [0.2, 0.25) is 11.9 Å². The summed E-state index contributed by atoms with van der Waals surface area (Å²) in [5, 5.41) is 17.7. The number of likely N-dealkylation sites (N-methyl/N-ethyl adjacent to an activating group) is 1. The fraction of sp³-hybridized carbons (Fsp3) is 0.188. The van der Waals surface area contributed by atoms with Crippen LogP contribution in [-0.4, -0.2) is 64.2 Å². The lowest BCUT2D eigenvalue weighted by atomic mass is 10.1. The number of anilines is 5. The maximum absolute atomic E-state index is 13.8. The quantitative estimate of drug-likeness (QED) is 0.173. The summed E-state index contributed by atoms with van der Waals surface area (Å²) in [5.41, 5.74) is 5.83. The highest BCUT2D eigenvalue weighted by molar-refractivity contribution is 6.00. The molecular formula is C32H32FN9O. The molecule has 10 nitrogen and oxygen atoms in total. The molecule has 0 saturated carbocycles. The van der Waals surface area contributed by atoms with Gasteiger partial charge in [-0.1, -0.05) is 30.8 Å². The van der Waals surface area contributed by atoms with Crippen LogP contribution >= 0.6 is 0 Å². The van der Waals surface area contributed by atoms with Gasteiger partial charge in [0.05, 0.1) is 23.3 Å². The lowest BCUT2D eigenvalue weighted by Crippen LogP contribution is -2.44. The van der Waals surface area contributed by atoms with E-state index in [0.717, 1.165) is 43.1 Å². The lowest BCUT2D eigenvalue weighted by Gasteiger charge is -2.34. The first-order valence-electron chi connectivity index (χ1n) is 14.0. The van der Waals surface area contributed by atoms with Gasteiger partial charge in [-0.2, -0.15) is 10.1 Å². The van der Waals surface area contributed by atoms with Crippen LogP contribution in [0.5, 0.6) is 0 Å². The molecule has 0 unspecified atom stereocenters. The summed E-state index contributed by atoms with van der Waals surface area (Å²) in [4.78, 5) is 26.4.